The third-order valence-corrected chi connectivity index (χ3v) is 7.63. The number of benzene rings is 2. The molecule has 0 fully saturated rings. The molecule has 0 radical (unpaired) electrons. The van der Waals surface area contributed by atoms with Crippen molar-refractivity contribution >= 4 is 27.5 Å². The summed E-state index contributed by atoms with van der Waals surface area (Å²) in [6.45, 7) is 3.90. The molecular weight excluding hydrogens is 436 g/mol. The van der Waals surface area contributed by atoms with Crippen molar-refractivity contribution in [3.63, 3.8) is 0 Å². The number of amides is 1. The summed E-state index contributed by atoms with van der Waals surface area (Å²) in [7, 11) is -3.72. The third kappa shape index (κ3) is 6.00. The van der Waals surface area contributed by atoms with Crippen LogP contribution in [0.2, 0.25) is 0 Å². The Hall–Kier alpha value is -2.71. The zero-order valence-corrected chi connectivity index (χ0v) is 19.9. The van der Waals surface area contributed by atoms with E-state index in [0.717, 1.165) is 38.6 Å². The van der Waals surface area contributed by atoms with Gasteiger partial charge in [-0.3, -0.25) is 19.4 Å². The van der Waals surface area contributed by atoms with Gasteiger partial charge in [-0.1, -0.05) is 37.3 Å². The van der Waals surface area contributed by atoms with Gasteiger partial charge in [-0.05, 0) is 68.0 Å². The molecule has 0 spiro atoms. The zero-order chi connectivity index (χ0) is 23.3. The smallest absolute Gasteiger partial charge is 0.262 e. The first kappa shape index (κ1) is 23.4. The summed E-state index contributed by atoms with van der Waals surface area (Å²) in [5.74, 6) is 0.360. The number of sulfonamides is 1. The molecule has 2 aromatic rings. The highest BCUT2D eigenvalue weighted by Crippen LogP contribution is 2.25. The van der Waals surface area contributed by atoms with Crippen LogP contribution < -0.4 is 10.0 Å². The van der Waals surface area contributed by atoms with E-state index in [4.69, 9.17) is 0 Å². The van der Waals surface area contributed by atoms with E-state index in [-0.39, 0.29) is 17.3 Å². The monoisotopic (exact) mass is 468 g/mol. The first-order valence-corrected chi connectivity index (χ1v) is 13.2. The van der Waals surface area contributed by atoms with Gasteiger partial charge in [0.2, 0.25) is 5.91 Å². The van der Waals surface area contributed by atoms with Crippen LogP contribution in [0.1, 0.15) is 43.7 Å². The number of anilines is 1. The lowest BCUT2D eigenvalue weighted by atomic mass is 9.87. The van der Waals surface area contributed by atoms with Crippen molar-refractivity contribution in [1.29, 1.82) is 0 Å². The van der Waals surface area contributed by atoms with E-state index < -0.39 is 10.0 Å². The Kier molecular flexibility index (Phi) is 7.45. The summed E-state index contributed by atoms with van der Waals surface area (Å²) < 4.78 is 27.9. The number of amidine groups is 1. The summed E-state index contributed by atoms with van der Waals surface area (Å²) in [5.41, 5.74) is 3.25. The number of carbonyl (C=O) groups excluding carboxylic acids is 1. The number of fused-ring (bicyclic) bond motifs is 1. The van der Waals surface area contributed by atoms with Crippen LogP contribution in [0.3, 0.4) is 0 Å². The number of hydrogen-bond donors (Lipinski definition) is 2. The molecule has 2 N–H and O–H groups in total. The molecule has 1 atom stereocenters. The Bertz CT molecular complexity index is 1130. The Morgan fingerprint density at radius 1 is 1.12 bits per heavy atom. The predicted octanol–water partition coefficient (Wildman–Crippen LogP) is 3.37. The van der Waals surface area contributed by atoms with Gasteiger partial charge in [-0.2, -0.15) is 0 Å². The molecule has 1 heterocycles. The summed E-state index contributed by atoms with van der Waals surface area (Å²) in [5, 5.41) is 2.89. The minimum atomic E-state index is -3.72. The normalized spacial score (nSPS) is 18.0. The molecule has 0 aromatic heterocycles. The molecule has 33 heavy (non-hydrogen) atoms. The molecule has 0 saturated heterocycles. The third-order valence-electron chi connectivity index (χ3n) is 6.25. The van der Waals surface area contributed by atoms with Crippen molar-refractivity contribution in [3.8, 4) is 0 Å². The maximum atomic E-state index is 12.9. The van der Waals surface area contributed by atoms with Gasteiger partial charge in [0.1, 0.15) is 5.84 Å². The molecular formula is C25H32N4O3S. The summed E-state index contributed by atoms with van der Waals surface area (Å²) in [4.78, 5) is 19.4. The number of rotatable bonds is 8. The second kappa shape index (κ2) is 10.5. The van der Waals surface area contributed by atoms with Crippen LogP contribution in [0, 0.1) is 0 Å². The topological polar surface area (TPSA) is 90.9 Å². The van der Waals surface area contributed by atoms with Crippen LogP contribution in [-0.4, -0.2) is 50.7 Å². The molecule has 0 saturated carbocycles. The number of aryl methyl sites for hydroxylation is 1. The lowest BCUT2D eigenvalue weighted by Crippen LogP contribution is -2.44. The number of hydrogen-bond acceptors (Lipinski definition) is 5. The van der Waals surface area contributed by atoms with E-state index in [1.165, 1.54) is 23.3 Å². The van der Waals surface area contributed by atoms with Crippen molar-refractivity contribution in [3.05, 3.63) is 59.7 Å². The molecule has 0 bridgehead atoms. The van der Waals surface area contributed by atoms with Crippen LogP contribution in [0.25, 0.3) is 0 Å². The first-order valence-electron chi connectivity index (χ1n) is 11.7. The quantitative estimate of drug-likeness (QED) is 0.622. The fourth-order valence-electron chi connectivity index (χ4n) is 4.63. The molecule has 2 aliphatic rings. The number of aliphatic imine (C=N–C) groups is 1. The Balaban J connectivity index is 1.40. The van der Waals surface area contributed by atoms with Crippen LogP contribution in [0.4, 0.5) is 5.69 Å². The van der Waals surface area contributed by atoms with E-state index in [1.54, 1.807) is 12.1 Å². The predicted molar refractivity (Wildman–Crippen MR) is 131 cm³/mol. The molecule has 1 aliphatic heterocycles. The Morgan fingerprint density at radius 3 is 2.70 bits per heavy atom. The van der Waals surface area contributed by atoms with Crippen LogP contribution >= 0.6 is 0 Å². The highest BCUT2D eigenvalue weighted by Gasteiger charge is 2.25. The molecule has 7 nitrogen and oxygen atoms in total. The minimum absolute atomic E-state index is 0.115. The molecule has 176 valence electrons. The van der Waals surface area contributed by atoms with E-state index >= 15 is 0 Å². The lowest BCUT2D eigenvalue weighted by molar-refractivity contribution is -0.118. The van der Waals surface area contributed by atoms with Crippen molar-refractivity contribution in [1.82, 2.24) is 9.62 Å². The molecule has 4 rings (SSSR count). The molecule has 1 unspecified atom stereocenters. The maximum Gasteiger partial charge on any atom is 0.262 e. The van der Waals surface area contributed by atoms with E-state index in [2.05, 4.69) is 51.1 Å². The summed E-state index contributed by atoms with van der Waals surface area (Å²) >= 11 is 0. The second-order valence-electron chi connectivity index (χ2n) is 8.75. The van der Waals surface area contributed by atoms with Gasteiger partial charge in [0.15, 0.2) is 0 Å². The SMILES string of the molecule is CCCN(CC(=O)Nc1cccc(S(=O)(=O)NC2=NCCC2)c1)C1CCc2ccccc2C1. The van der Waals surface area contributed by atoms with Crippen molar-refractivity contribution in [2.75, 3.05) is 25.0 Å². The zero-order valence-electron chi connectivity index (χ0n) is 19.1. The second-order valence-corrected chi connectivity index (χ2v) is 10.4. The van der Waals surface area contributed by atoms with Crippen LogP contribution in [0.5, 0.6) is 0 Å². The average molecular weight is 469 g/mol. The standard InChI is InChI=1S/C25H32N4O3S/c1-2-15-29(22-13-12-19-7-3-4-8-20(19)16-22)18-25(30)27-21-9-5-10-23(17-21)33(31,32)28-24-11-6-14-26-24/h3-5,7-10,17,22H,2,6,11-16,18H2,1H3,(H,26,28)(H,27,30). The van der Waals surface area contributed by atoms with Crippen molar-refractivity contribution in [2.45, 2.75) is 56.4 Å². The first-order chi connectivity index (χ1) is 15.9. The fourth-order valence-corrected chi connectivity index (χ4v) is 5.77. The number of carbonyl (C=O) groups is 1. The van der Waals surface area contributed by atoms with Gasteiger partial charge < -0.3 is 5.32 Å². The Labute approximate surface area is 196 Å². The molecule has 1 amide bonds. The summed E-state index contributed by atoms with van der Waals surface area (Å²) in [6.07, 6.45) is 5.47. The average Bonchev–Trinajstić information content (AvgIpc) is 3.31. The lowest BCUT2D eigenvalue weighted by Gasteiger charge is -2.34. The minimum Gasteiger partial charge on any atom is -0.325 e. The van der Waals surface area contributed by atoms with Gasteiger partial charge in [0, 0.05) is 24.7 Å². The van der Waals surface area contributed by atoms with Gasteiger partial charge in [0.25, 0.3) is 10.0 Å². The van der Waals surface area contributed by atoms with Gasteiger partial charge in [-0.25, -0.2) is 8.42 Å². The van der Waals surface area contributed by atoms with Crippen LogP contribution in [0.15, 0.2) is 58.4 Å². The largest absolute Gasteiger partial charge is 0.325 e. The van der Waals surface area contributed by atoms with Crippen molar-refractivity contribution in [2.24, 2.45) is 4.99 Å². The maximum absolute atomic E-state index is 12.9. The van der Waals surface area contributed by atoms with Crippen LogP contribution in [-0.2, 0) is 27.7 Å². The van der Waals surface area contributed by atoms with Crippen molar-refractivity contribution < 1.29 is 13.2 Å². The molecule has 8 heteroatoms. The number of nitrogens with zero attached hydrogens (tertiary/aromatic N) is 2. The fraction of sp³-hybridized carbons (Fsp3) is 0.440. The highest BCUT2D eigenvalue weighted by molar-refractivity contribution is 7.90. The highest BCUT2D eigenvalue weighted by atomic mass is 32.2. The van der Waals surface area contributed by atoms with Gasteiger partial charge in [0.05, 0.1) is 11.4 Å². The van der Waals surface area contributed by atoms with E-state index in [0.29, 0.717) is 30.5 Å². The van der Waals surface area contributed by atoms with E-state index in [9.17, 15) is 13.2 Å². The van der Waals surface area contributed by atoms with E-state index in [1.807, 2.05) is 0 Å². The Morgan fingerprint density at radius 2 is 1.94 bits per heavy atom. The molecule has 1 aliphatic carbocycles. The summed E-state index contributed by atoms with van der Waals surface area (Å²) in [6, 6.07) is 15.2. The molecule has 2 aromatic carbocycles. The van der Waals surface area contributed by atoms with Gasteiger partial charge >= 0.3 is 0 Å². The van der Waals surface area contributed by atoms with Gasteiger partial charge in [-0.15, -0.1) is 0 Å². The number of nitrogens with one attached hydrogen (secondary N) is 2.